The predicted molar refractivity (Wildman–Crippen MR) is 119 cm³/mol. The molecule has 0 aliphatic carbocycles. The Bertz CT molecular complexity index is 1210. The lowest BCUT2D eigenvalue weighted by molar-refractivity contribution is -0.685. The molecule has 144 valence electrons. The van der Waals surface area contributed by atoms with Crippen LogP contribution in [-0.2, 0) is 14.1 Å². The van der Waals surface area contributed by atoms with Gasteiger partial charge in [0.05, 0.1) is 0 Å². The molecule has 0 saturated heterocycles. The standard InChI is InChI=1S/C27H28N2/c1-19-13-14-23(21(3)17-19)22-15-16-28(4)27(18-22)26-12-8-11-25(29(26)5)24-10-7-6-9-20(24)2/h6-18H,1-5H3/q+2. The molecular weight excluding hydrogens is 352 g/mol. The zero-order valence-electron chi connectivity index (χ0n) is 17.9. The third-order valence-electron chi connectivity index (χ3n) is 5.76. The van der Waals surface area contributed by atoms with Crippen molar-refractivity contribution in [1.82, 2.24) is 0 Å². The summed E-state index contributed by atoms with van der Waals surface area (Å²) in [7, 11) is 4.27. The Labute approximate surface area is 173 Å². The minimum Gasteiger partial charge on any atom is -0.196 e. The molecule has 0 radical (unpaired) electrons. The van der Waals surface area contributed by atoms with Crippen LogP contribution in [0, 0.1) is 20.8 Å². The summed E-state index contributed by atoms with van der Waals surface area (Å²) >= 11 is 0. The molecule has 0 N–H and O–H groups in total. The first-order valence-electron chi connectivity index (χ1n) is 10.1. The van der Waals surface area contributed by atoms with Crippen LogP contribution in [0.3, 0.4) is 0 Å². The maximum absolute atomic E-state index is 2.30. The Morgan fingerprint density at radius 3 is 2.10 bits per heavy atom. The number of benzene rings is 2. The van der Waals surface area contributed by atoms with Crippen LogP contribution in [0.2, 0.25) is 0 Å². The highest BCUT2D eigenvalue weighted by Gasteiger charge is 2.24. The SMILES string of the molecule is Cc1ccc(-c2cc[n+](C)c(-c3cccc(-c4ccccc4C)[n+]3C)c2)c(C)c1. The second-order valence-corrected chi connectivity index (χ2v) is 7.90. The third kappa shape index (κ3) is 3.58. The van der Waals surface area contributed by atoms with E-state index < -0.39 is 0 Å². The number of nitrogens with zero attached hydrogens (tertiary/aromatic N) is 2. The molecular formula is C27H28N2+2. The fourth-order valence-corrected chi connectivity index (χ4v) is 4.10. The van der Waals surface area contributed by atoms with Crippen LogP contribution < -0.4 is 9.13 Å². The smallest absolute Gasteiger partial charge is 0.196 e. The van der Waals surface area contributed by atoms with Crippen LogP contribution in [0.1, 0.15) is 16.7 Å². The number of aryl methyl sites for hydroxylation is 4. The zero-order valence-corrected chi connectivity index (χ0v) is 17.9. The van der Waals surface area contributed by atoms with Crippen LogP contribution in [0.25, 0.3) is 33.8 Å². The Hall–Kier alpha value is -3.26. The zero-order chi connectivity index (χ0) is 20.5. The number of pyridine rings is 2. The van der Waals surface area contributed by atoms with Crippen LogP contribution in [0.15, 0.2) is 79.0 Å². The highest BCUT2D eigenvalue weighted by molar-refractivity contribution is 5.70. The van der Waals surface area contributed by atoms with Gasteiger partial charge in [-0.05, 0) is 55.2 Å². The largest absolute Gasteiger partial charge is 0.277 e. The van der Waals surface area contributed by atoms with Gasteiger partial charge in [0.2, 0.25) is 5.69 Å². The van der Waals surface area contributed by atoms with Gasteiger partial charge >= 0.3 is 0 Å². The van der Waals surface area contributed by atoms with Crippen molar-refractivity contribution >= 4 is 0 Å². The van der Waals surface area contributed by atoms with Crippen molar-refractivity contribution in [3.8, 4) is 33.8 Å². The highest BCUT2D eigenvalue weighted by Crippen LogP contribution is 2.27. The van der Waals surface area contributed by atoms with Gasteiger partial charge in [0, 0.05) is 29.8 Å². The second-order valence-electron chi connectivity index (χ2n) is 7.90. The third-order valence-corrected chi connectivity index (χ3v) is 5.76. The van der Waals surface area contributed by atoms with Crippen molar-refractivity contribution in [1.29, 1.82) is 0 Å². The van der Waals surface area contributed by atoms with Crippen LogP contribution in [0.4, 0.5) is 0 Å². The summed E-state index contributed by atoms with van der Waals surface area (Å²) in [6, 6.07) is 26.3. The summed E-state index contributed by atoms with van der Waals surface area (Å²) in [4.78, 5) is 0. The molecule has 29 heavy (non-hydrogen) atoms. The fourth-order valence-electron chi connectivity index (χ4n) is 4.10. The maximum atomic E-state index is 2.30. The number of hydrogen-bond donors (Lipinski definition) is 0. The summed E-state index contributed by atoms with van der Waals surface area (Å²) in [6.45, 7) is 6.50. The van der Waals surface area contributed by atoms with Crippen molar-refractivity contribution in [2.45, 2.75) is 20.8 Å². The lowest BCUT2D eigenvalue weighted by Crippen LogP contribution is -2.40. The van der Waals surface area contributed by atoms with E-state index in [4.69, 9.17) is 0 Å². The van der Waals surface area contributed by atoms with E-state index in [0.717, 1.165) is 0 Å². The molecule has 0 atom stereocenters. The quantitative estimate of drug-likeness (QED) is 0.428. The number of rotatable bonds is 3. The van der Waals surface area contributed by atoms with E-state index in [0.29, 0.717) is 0 Å². The minimum atomic E-state index is 1.19. The average molecular weight is 381 g/mol. The first-order chi connectivity index (χ1) is 14.0. The summed E-state index contributed by atoms with van der Waals surface area (Å²) in [5.41, 5.74) is 11.3. The topological polar surface area (TPSA) is 7.76 Å². The normalized spacial score (nSPS) is 10.9. The van der Waals surface area contributed by atoms with E-state index >= 15 is 0 Å². The van der Waals surface area contributed by atoms with Gasteiger partial charge in [0.25, 0.3) is 11.4 Å². The summed E-state index contributed by atoms with van der Waals surface area (Å²) in [5.74, 6) is 0. The predicted octanol–water partition coefficient (Wildman–Crippen LogP) is 5.26. The van der Waals surface area contributed by atoms with Crippen molar-refractivity contribution in [2.24, 2.45) is 14.1 Å². The fraction of sp³-hybridized carbons (Fsp3) is 0.185. The molecule has 2 heterocycles. The lowest BCUT2D eigenvalue weighted by atomic mass is 9.98. The second kappa shape index (κ2) is 7.63. The summed E-state index contributed by atoms with van der Waals surface area (Å²) in [5, 5.41) is 0. The van der Waals surface area contributed by atoms with E-state index in [1.54, 1.807) is 0 Å². The molecule has 0 unspecified atom stereocenters. The molecule has 4 rings (SSSR count). The van der Waals surface area contributed by atoms with Gasteiger partial charge < -0.3 is 0 Å². The highest BCUT2D eigenvalue weighted by atomic mass is 15.0. The van der Waals surface area contributed by atoms with Crippen LogP contribution in [0.5, 0.6) is 0 Å². The van der Waals surface area contributed by atoms with Gasteiger partial charge in [0.1, 0.15) is 14.1 Å². The average Bonchev–Trinajstić information content (AvgIpc) is 2.70. The van der Waals surface area contributed by atoms with Gasteiger partial charge in [-0.15, -0.1) is 0 Å². The molecule has 0 saturated carbocycles. The summed E-state index contributed by atoms with van der Waals surface area (Å²) < 4.78 is 4.49. The van der Waals surface area contributed by atoms with E-state index in [9.17, 15) is 0 Å². The molecule has 2 heteroatoms. The number of hydrogen-bond acceptors (Lipinski definition) is 0. The molecule has 0 aliphatic heterocycles. The molecule has 4 aromatic rings. The molecule has 0 amide bonds. The number of aromatic nitrogens is 2. The van der Waals surface area contributed by atoms with Gasteiger partial charge in [-0.3, -0.25) is 0 Å². The Morgan fingerprint density at radius 2 is 1.34 bits per heavy atom. The molecule has 0 fully saturated rings. The van der Waals surface area contributed by atoms with Gasteiger partial charge in [-0.25, -0.2) is 0 Å². The molecule has 0 spiro atoms. The van der Waals surface area contributed by atoms with E-state index in [1.165, 1.54) is 50.5 Å². The maximum Gasteiger partial charge on any atom is 0.277 e. The van der Waals surface area contributed by atoms with Crippen molar-refractivity contribution in [3.63, 3.8) is 0 Å². The van der Waals surface area contributed by atoms with Crippen molar-refractivity contribution in [3.05, 3.63) is 95.7 Å². The monoisotopic (exact) mass is 380 g/mol. The molecule has 2 aromatic carbocycles. The Kier molecular flexibility index (Phi) is 5.02. The Balaban J connectivity index is 1.88. The first kappa shape index (κ1) is 19.1. The van der Waals surface area contributed by atoms with Crippen LogP contribution in [-0.4, -0.2) is 0 Å². The minimum absolute atomic E-state index is 1.19. The summed E-state index contributed by atoms with van der Waals surface area (Å²) in [6.07, 6.45) is 2.16. The molecule has 0 bridgehead atoms. The van der Waals surface area contributed by atoms with Crippen molar-refractivity contribution < 1.29 is 9.13 Å². The van der Waals surface area contributed by atoms with Gasteiger partial charge in [-0.1, -0.05) is 42.0 Å². The van der Waals surface area contributed by atoms with Gasteiger partial charge in [-0.2, -0.15) is 9.13 Å². The van der Waals surface area contributed by atoms with Gasteiger partial charge in [0.15, 0.2) is 6.20 Å². The first-order valence-corrected chi connectivity index (χ1v) is 10.1. The van der Waals surface area contributed by atoms with Crippen LogP contribution >= 0.6 is 0 Å². The molecule has 2 nitrogen and oxygen atoms in total. The lowest BCUT2D eigenvalue weighted by Gasteiger charge is -2.09. The van der Waals surface area contributed by atoms with E-state index in [-0.39, 0.29) is 0 Å². The Morgan fingerprint density at radius 1 is 0.586 bits per heavy atom. The van der Waals surface area contributed by atoms with E-state index in [2.05, 4.69) is 123 Å². The van der Waals surface area contributed by atoms with Crippen molar-refractivity contribution in [2.75, 3.05) is 0 Å². The van der Waals surface area contributed by atoms with E-state index in [1.807, 2.05) is 0 Å². The molecule has 2 aromatic heterocycles. The molecule has 0 aliphatic rings.